The molecule has 2 saturated heterocycles. The van der Waals surface area contributed by atoms with E-state index >= 15 is 0 Å². The minimum absolute atomic E-state index is 0.0986. The van der Waals surface area contributed by atoms with E-state index in [9.17, 15) is 24.0 Å². The summed E-state index contributed by atoms with van der Waals surface area (Å²) in [7, 11) is 0. The summed E-state index contributed by atoms with van der Waals surface area (Å²) >= 11 is 0. The second kappa shape index (κ2) is 13.5. The Bertz CT molecular complexity index is 1150. The fourth-order valence-corrected chi connectivity index (χ4v) is 5.75. The van der Waals surface area contributed by atoms with Gasteiger partial charge in [0.15, 0.2) is 0 Å². The first-order valence-corrected chi connectivity index (χ1v) is 14.8. The first kappa shape index (κ1) is 30.5. The van der Waals surface area contributed by atoms with Crippen LogP contribution >= 0.6 is 0 Å². The maximum absolute atomic E-state index is 13.2. The number of nitrogens with one attached hydrogen (secondary N) is 3. The number of unbranched alkanes of at least 4 members (excludes halogenated alkanes) is 2. The minimum Gasteiger partial charge on any atom is -0.444 e. The second-order valence-corrected chi connectivity index (χ2v) is 12.2. The molecule has 41 heavy (non-hydrogen) atoms. The van der Waals surface area contributed by atoms with Crippen molar-refractivity contribution in [1.29, 1.82) is 0 Å². The average molecular weight is 570 g/mol. The first-order valence-electron chi connectivity index (χ1n) is 14.8. The molecule has 1 atom stereocenters. The Labute approximate surface area is 241 Å². The number of carbonyl (C=O) groups excluding carboxylic acids is 5. The number of imide groups is 2. The molecule has 1 aromatic rings. The molecule has 0 aliphatic carbocycles. The lowest BCUT2D eigenvalue weighted by molar-refractivity contribution is -0.136. The van der Waals surface area contributed by atoms with Crippen molar-refractivity contribution in [3.63, 3.8) is 0 Å². The van der Waals surface area contributed by atoms with Crippen LogP contribution in [0.1, 0.15) is 92.9 Å². The molecule has 1 unspecified atom stereocenters. The maximum atomic E-state index is 13.2. The number of anilines is 1. The monoisotopic (exact) mass is 569 g/mol. The lowest BCUT2D eigenvalue weighted by Gasteiger charge is -2.32. The van der Waals surface area contributed by atoms with Crippen molar-refractivity contribution >= 4 is 35.4 Å². The number of benzene rings is 1. The molecular weight excluding hydrogens is 526 g/mol. The van der Waals surface area contributed by atoms with Crippen molar-refractivity contribution in [3.8, 4) is 0 Å². The van der Waals surface area contributed by atoms with Crippen molar-refractivity contribution in [3.05, 3.63) is 29.3 Å². The highest BCUT2D eigenvalue weighted by Crippen LogP contribution is 2.32. The Morgan fingerprint density at radius 2 is 1.76 bits per heavy atom. The van der Waals surface area contributed by atoms with Gasteiger partial charge in [-0.2, -0.15) is 0 Å². The Morgan fingerprint density at radius 3 is 2.46 bits per heavy atom. The number of nitrogens with zero attached hydrogens (tertiary/aromatic N) is 2. The summed E-state index contributed by atoms with van der Waals surface area (Å²) in [5, 5.41) is 8.38. The topological polar surface area (TPSA) is 137 Å². The molecule has 3 aliphatic heterocycles. The van der Waals surface area contributed by atoms with Gasteiger partial charge in [-0.3, -0.25) is 29.4 Å². The number of rotatable bonds is 11. The molecule has 0 aromatic heterocycles. The van der Waals surface area contributed by atoms with Crippen LogP contribution in [0.15, 0.2) is 18.2 Å². The number of ether oxygens (including phenoxy) is 1. The molecular formula is C30H43N5O6. The Hall–Kier alpha value is -3.47. The largest absolute Gasteiger partial charge is 0.444 e. The van der Waals surface area contributed by atoms with Crippen LogP contribution in [0.5, 0.6) is 0 Å². The first-order chi connectivity index (χ1) is 19.5. The molecule has 0 bridgehead atoms. The fourth-order valence-electron chi connectivity index (χ4n) is 5.75. The van der Waals surface area contributed by atoms with E-state index in [0.717, 1.165) is 49.7 Å². The van der Waals surface area contributed by atoms with Gasteiger partial charge in [-0.05, 0) is 77.6 Å². The molecule has 2 fully saturated rings. The lowest BCUT2D eigenvalue weighted by Crippen LogP contribution is -2.54. The van der Waals surface area contributed by atoms with Crippen LogP contribution in [0.25, 0.3) is 0 Å². The molecule has 3 heterocycles. The van der Waals surface area contributed by atoms with Gasteiger partial charge in [0.25, 0.3) is 11.8 Å². The summed E-state index contributed by atoms with van der Waals surface area (Å²) in [5.41, 5.74) is 0.706. The molecule has 0 saturated carbocycles. The quantitative estimate of drug-likeness (QED) is 0.273. The number of amides is 5. The van der Waals surface area contributed by atoms with Crippen LogP contribution in [-0.2, 0) is 14.3 Å². The summed E-state index contributed by atoms with van der Waals surface area (Å²) in [4.78, 5) is 65.2. The maximum Gasteiger partial charge on any atom is 0.407 e. The molecule has 3 N–H and O–H groups in total. The van der Waals surface area contributed by atoms with E-state index in [1.165, 1.54) is 19.3 Å². The van der Waals surface area contributed by atoms with Gasteiger partial charge in [0.05, 0.1) is 11.1 Å². The van der Waals surface area contributed by atoms with E-state index < -0.39 is 29.4 Å². The van der Waals surface area contributed by atoms with Crippen LogP contribution in [-0.4, -0.2) is 83.9 Å². The van der Waals surface area contributed by atoms with Crippen molar-refractivity contribution in [2.24, 2.45) is 5.92 Å². The number of alkyl carbamates (subject to hydrolysis) is 1. The number of fused-ring (bicyclic) bond motifs is 1. The number of carbonyl (C=O) groups is 5. The van der Waals surface area contributed by atoms with Crippen LogP contribution in [0.2, 0.25) is 0 Å². The van der Waals surface area contributed by atoms with Gasteiger partial charge >= 0.3 is 6.09 Å². The molecule has 0 spiro atoms. The number of likely N-dealkylation sites (tertiary alicyclic amines) is 1. The smallest absolute Gasteiger partial charge is 0.407 e. The molecule has 0 radical (unpaired) electrons. The molecule has 4 rings (SSSR count). The van der Waals surface area contributed by atoms with Crippen molar-refractivity contribution < 1.29 is 28.7 Å². The number of piperidine rings is 2. The van der Waals surface area contributed by atoms with E-state index in [0.29, 0.717) is 24.3 Å². The van der Waals surface area contributed by atoms with E-state index in [1.54, 1.807) is 18.2 Å². The van der Waals surface area contributed by atoms with E-state index in [1.807, 2.05) is 20.8 Å². The van der Waals surface area contributed by atoms with Crippen LogP contribution in [0, 0.1) is 5.92 Å². The fraction of sp³-hybridized carbons (Fsp3) is 0.633. The zero-order valence-electron chi connectivity index (χ0n) is 24.4. The van der Waals surface area contributed by atoms with Gasteiger partial charge in [0.1, 0.15) is 11.6 Å². The predicted molar refractivity (Wildman–Crippen MR) is 153 cm³/mol. The van der Waals surface area contributed by atoms with E-state index in [-0.39, 0.29) is 30.4 Å². The Balaban J connectivity index is 1.13. The highest BCUT2D eigenvalue weighted by atomic mass is 16.6. The summed E-state index contributed by atoms with van der Waals surface area (Å²) in [6.45, 7) is 9.76. The Kier molecular flexibility index (Phi) is 10.0. The van der Waals surface area contributed by atoms with E-state index in [4.69, 9.17) is 4.74 Å². The summed E-state index contributed by atoms with van der Waals surface area (Å²) < 4.78 is 5.28. The zero-order valence-corrected chi connectivity index (χ0v) is 24.4. The van der Waals surface area contributed by atoms with Crippen molar-refractivity contribution in [1.82, 2.24) is 20.4 Å². The summed E-state index contributed by atoms with van der Waals surface area (Å²) in [6, 6.07) is 4.17. The third-order valence-corrected chi connectivity index (χ3v) is 7.88. The zero-order chi connectivity index (χ0) is 29.6. The highest BCUT2D eigenvalue weighted by molar-refractivity contribution is 6.25. The second-order valence-electron chi connectivity index (χ2n) is 12.2. The Morgan fingerprint density at radius 1 is 1.00 bits per heavy atom. The van der Waals surface area contributed by atoms with Crippen LogP contribution in [0.3, 0.4) is 0 Å². The summed E-state index contributed by atoms with van der Waals surface area (Å²) in [6.07, 6.45) is 6.55. The molecule has 1 aromatic carbocycles. The van der Waals surface area contributed by atoms with Gasteiger partial charge < -0.3 is 20.3 Å². The van der Waals surface area contributed by atoms with E-state index in [2.05, 4.69) is 20.9 Å². The lowest BCUT2D eigenvalue weighted by atomic mass is 9.91. The predicted octanol–water partition coefficient (Wildman–Crippen LogP) is 3.30. The molecule has 11 heteroatoms. The summed E-state index contributed by atoms with van der Waals surface area (Å²) in [5.74, 6) is -1.26. The SMILES string of the molecule is CC(C)(C)OC(=O)NCCN1CCC(CCCCCNc2cccc3c2C(=O)N(C2CCC(=O)NC2=O)C3=O)CC1. The van der Waals surface area contributed by atoms with Gasteiger partial charge in [-0.25, -0.2) is 4.79 Å². The van der Waals surface area contributed by atoms with Crippen molar-refractivity contribution in [2.75, 3.05) is 38.0 Å². The third kappa shape index (κ3) is 8.06. The number of hydrogen-bond acceptors (Lipinski definition) is 8. The minimum atomic E-state index is -0.964. The molecule has 5 amide bonds. The van der Waals surface area contributed by atoms with Gasteiger partial charge in [-0.15, -0.1) is 0 Å². The van der Waals surface area contributed by atoms with Crippen molar-refractivity contribution in [2.45, 2.75) is 83.8 Å². The van der Waals surface area contributed by atoms with Gasteiger partial charge in [0.2, 0.25) is 11.8 Å². The average Bonchev–Trinajstić information content (AvgIpc) is 3.16. The molecule has 11 nitrogen and oxygen atoms in total. The molecule has 224 valence electrons. The normalized spacial score (nSPS) is 20.2. The number of hydrogen-bond donors (Lipinski definition) is 3. The van der Waals surface area contributed by atoms with Crippen LogP contribution in [0.4, 0.5) is 10.5 Å². The highest BCUT2D eigenvalue weighted by Gasteiger charge is 2.45. The van der Waals surface area contributed by atoms with Crippen LogP contribution < -0.4 is 16.0 Å². The standard InChI is InChI=1S/C30H43N5O6/c1-30(2,3)41-29(40)32-16-19-34-17-13-20(14-18-34)8-5-4-6-15-31-22-10-7-9-21-25(22)28(39)35(27(21)38)23-11-12-24(36)33-26(23)37/h7,9-10,20,23,31H,4-6,8,11-19H2,1-3H3,(H,32,40)(H,33,36,37). The van der Waals surface area contributed by atoms with Gasteiger partial charge in [-0.1, -0.05) is 25.3 Å². The molecule has 3 aliphatic rings. The third-order valence-electron chi connectivity index (χ3n) is 7.88. The van der Waals surface area contributed by atoms with Gasteiger partial charge in [0, 0.05) is 31.7 Å².